The standard InChI is InChI=1S/C21H45OP/c1-5-7-9-11-12-14-16-19-23(22,20-17-21(3)4)18-15-13-10-8-6-2/h21H,5-20H2,1-4H3. The quantitative estimate of drug-likeness (QED) is 0.192. The maximum absolute atomic E-state index is 13.3. The summed E-state index contributed by atoms with van der Waals surface area (Å²) in [4.78, 5) is 0. The smallest absolute Gasteiger partial charge is 0.0877 e. The van der Waals surface area contributed by atoms with Crippen LogP contribution in [0.2, 0.25) is 0 Å². The maximum Gasteiger partial charge on any atom is 0.0877 e. The molecule has 0 saturated heterocycles. The highest BCUT2D eigenvalue weighted by atomic mass is 31.2. The van der Waals surface area contributed by atoms with Crippen molar-refractivity contribution in [3.05, 3.63) is 0 Å². The SMILES string of the molecule is CCCCCCCCCP(=O)(CCCCCCC)CCC(C)C. The van der Waals surface area contributed by atoms with E-state index in [4.69, 9.17) is 0 Å². The minimum Gasteiger partial charge on any atom is -0.324 e. The summed E-state index contributed by atoms with van der Waals surface area (Å²) < 4.78 is 13.3. The number of unbranched alkanes of at least 4 members (excludes halogenated alkanes) is 10. The molecule has 0 radical (unpaired) electrons. The first kappa shape index (κ1) is 23.2. The van der Waals surface area contributed by atoms with E-state index in [2.05, 4.69) is 27.7 Å². The summed E-state index contributed by atoms with van der Waals surface area (Å²) in [6.07, 6.45) is 20.0. The summed E-state index contributed by atoms with van der Waals surface area (Å²) in [7, 11) is -1.88. The molecule has 2 heteroatoms. The average molecular weight is 345 g/mol. The van der Waals surface area contributed by atoms with Gasteiger partial charge in [-0.2, -0.15) is 0 Å². The Balaban J connectivity index is 3.99. The van der Waals surface area contributed by atoms with Gasteiger partial charge >= 0.3 is 0 Å². The fourth-order valence-corrected chi connectivity index (χ4v) is 6.45. The van der Waals surface area contributed by atoms with Gasteiger partial charge in [-0.05, 0) is 25.2 Å². The van der Waals surface area contributed by atoms with E-state index in [1.807, 2.05) is 0 Å². The molecule has 0 aromatic rings. The Labute approximate surface area is 147 Å². The van der Waals surface area contributed by atoms with Crippen molar-refractivity contribution in [1.29, 1.82) is 0 Å². The van der Waals surface area contributed by atoms with E-state index in [0.717, 1.165) is 24.9 Å². The number of rotatable bonds is 17. The monoisotopic (exact) mass is 344 g/mol. The highest BCUT2D eigenvalue weighted by Gasteiger charge is 2.21. The van der Waals surface area contributed by atoms with Crippen molar-refractivity contribution < 1.29 is 4.57 Å². The Morgan fingerprint density at radius 3 is 1.39 bits per heavy atom. The number of hydrogen-bond acceptors (Lipinski definition) is 1. The minimum atomic E-state index is -1.88. The Morgan fingerprint density at radius 2 is 1.00 bits per heavy atom. The minimum absolute atomic E-state index is 0.692. The summed E-state index contributed by atoms with van der Waals surface area (Å²) >= 11 is 0. The molecule has 0 bridgehead atoms. The lowest BCUT2D eigenvalue weighted by Gasteiger charge is -2.19. The predicted molar refractivity (Wildman–Crippen MR) is 108 cm³/mol. The zero-order valence-electron chi connectivity index (χ0n) is 16.7. The van der Waals surface area contributed by atoms with Gasteiger partial charge in [0.05, 0.1) is 7.14 Å². The van der Waals surface area contributed by atoms with E-state index >= 15 is 0 Å². The van der Waals surface area contributed by atoms with Gasteiger partial charge in [0.25, 0.3) is 0 Å². The molecule has 0 rings (SSSR count). The second-order valence-electron chi connectivity index (χ2n) is 7.95. The van der Waals surface area contributed by atoms with Gasteiger partial charge in [-0.1, -0.05) is 91.9 Å². The van der Waals surface area contributed by atoms with Crippen molar-refractivity contribution in [3.8, 4) is 0 Å². The molecule has 0 aliphatic rings. The Kier molecular flexibility index (Phi) is 15.9. The lowest BCUT2D eigenvalue weighted by atomic mass is 10.1. The van der Waals surface area contributed by atoms with Crippen LogP contribution in [0.4, 0.5) is 0 Å². The van der Waals surface area contributed by atoms with Gasteiger partial charge in [-0.15, -0.1) is 0 Å². The molecule has 1 nitrogen and oxygen atoms in total. The molecule has 0 spiro atoms. The van der Waals surface area contributed by atoms with Crippen molar-refractivity contribution in [1.82, 2.24) is 0 Å². The van der Waals surface area contributed by atoms with E-state index in [-0.39, 0.29) is 0 Å². The first-order valence-corrected chi connectivity index (χ1v) is 12.9. The number of hydrogen-bond donors (Lipinski definition) is 0. The summed E-state index contributed by atoms with van der Waals surface area (Å²) in [5, 5.41) is 0. The van der Waals surface area contributed by atoms with Crippen molar-refractivity contribution in [2.75, 3.05) is 18.5 Å². The van der Waals surface area contributed by atoms with Gasteiger partial charge in [0.2, 0.25) is 0 Å². The molecular formula is C21H45OP. The molecule has 0 saturated carbocycles. The normalized spacial score (nSPS) is 14.3. The first-order valence-electron chi connectivity index (χ1n) is 10.6. The van der Waals surface area contributed by atoms with Crippen molar-refractivity contribution in [2.24, 2.45) is 5.92 Å². The van der Waals surface area contributed by atoms with Gasteiger partial charge in [-0.3, -0.25) is 0 Å². The summed E-state index contributed by atoms with van der Waals surface area (Å²) in [6.45, 7) is 9.05. The second kappa shape index (κ2) is 15.7. The molecule has 0 heterocycles. The van der Waals surface area contributed by atoms with E-state index in [9.17, 15) is 4.57 Å². The first-order chi connectivity index (χ1) is 11.0. The van der Waals surface area contributed by atoms with Crippen LogP contribution in [0.15, 0.2) is 0 Å². The van der Waals surface area contributed by atoms with Crippen LogP contribution >= 0.6 is 7.14 Å². The molecule has 0 amide bonds. The molecule has 140 valence electrons. The average Bonchev–Trinajstić information content (AvgIpc) is 2.52. The fraction of sp³-hybridized carbons (Fsp3) is 1.00. The molecule has 0 N–H and O–H groups in total. The van der Waals surface area contributed by atoms with Crippen LogP contribution in [-0.4, -0.2) is 18.5 Å². The zero-order valence-corrected chi connectivity index (χ0v) is 17.6. The highest BCUT2D eigenvalue weighted by Crippen LogP contribution is 2.48. The van der Waals surface area contributed by atoms with Crippen LogP contribution in [0.25, 0.3) is 0 Å². The maximum atomic E-state index is 13.3. The van der Waals surface area contributed by atoms with Gasteiger partial charge in [-0.25, -0.2) is 0 Å². The molecule has 0 aliphatic carbocycles. The van der Waals surface area contributed by atoms with Gasteiger partial charge in [0.1, 0.15) is 0 Å². The van der Waals surface area contributed by atoms with Crippen LogP contribution in [0.5, 0.6) is 0 Å². The third kappa shape index (κ3) is 15.5. The summed E-state index contributed by atoms with van der Waals surface area (Å²) in [5.41, 5.74) is 0. The predicted octanol–water partition coefficient (Wildman–Crippen LogP) is 8.12. The van der Waals surface area contributed by atoms with Crippen molar-refractivity contribution in [2.45, 2.75) is 111 Å². The molecule has 1 atom stereocenters. The van der Waals surface area contributed by atoms with E-state index < -0.39 is 7.14 Å². The summed E-state index contributed by atoms with van der Waals surface area (Å²) in [5.74, 6) is 0.692. The lowest BCUT2D eigenvalue weighted by Crippen LogP contribution is -2.04. The molecule has 0 fully saturated rings. The van der Waals surface area contributed by atoms with E-state index in [0.29, 0.717) is 5.92 Å². The molecule has 23 heavy (non-hydrogen) atoms. The van der Waals surface area contributed by atoms with E-state index in [1.165, 1.54) is 77.0 Å². The molecule has 1 unspecified atom stereocenters. The highest BCUT2D eigenvalue weighted by molar-refractivity contribution is 7.63. The Hall–Kier alpha value is 0.230. The van der Waals surface area contributed by atoms with Gasteiger partial charge < -0.3 is 4.57 Å². The van der Waals surface area contributed by atoms with Crippen LogP contribution in [0, 0.1) is 5.92 Å². The largest absolute Gasteiger partial charge is 0.324 e. The fourth-order valence-electron chi connectivity index (χ4n) is 3.19. The molecular weight excluding hydrogens is 299 g/mol. The van der Waals surface area contributed by atoms with Crippen LogP contribution < -0.4 is 0 Å². The Morgan fingerprint density at radius 1 is 0.609 bits per heavy atom. The van der Waals surface area contributed by atoms with Crippen LogP contribution in [-0.2, 0) is 4.57 Å². The molecule has 0 aliphatic heterocycles. The third-order valence-corrected chi connectivity index (χ3v) is 8.29. The van der Waals surface area contributed by atoms with Crippen molar-refractivity contribution >= 4 is 7.14 Å². The Bertz CT molecular complexity index is 286. The van der Waals surface area contributed by atoms with Crippen LogP contribution in [0.3, 0.4) is 0 Å². The van der Waals surface area contributed by atoms with Gasteiger partial charge in [0.15, 0.2) is 0 Å². The topological polar surface area (TPSA) is 17.1 Å². The summed E-state index contributed by atoms with van der Waals surface area (Å²) in [6, 6.07) is 0. The van der Waals surface area contributed by atoms with Crippen LogP contribution in [0.1, 0.15) is 111 Å². The third-order valence-electron chi connectivity index (χ3n) is 4.95. The molecule has 0 aromatic heterocycles. The zero-order chi connectivity index (χ0) is 17.4. The van der Waals surface area contributed by atoms with Crippen molar-refractivity contribution in [3.63, 3.8) is 0 Å². The molecule has 0 aromatic carbocycles. The van der Waals surface area contributed by atoms with E-state index in [1.54, 1.807) is 0 Å². The van der Waals surface area contributed by atoms with Gasteiger partial charge in [0, 0.05) is 18.5 Å². The second-order valence-corrected chi connectivity index (χ2v) is 11.4. The lowest BCUT2D eigenvalue weighted by molar-refractivity contribution is 0.549.